The Bertz CT molecular complexity index is 886. The summed E-state index contributed by atoms with van der Waals surface area (Å²) >= 11 is 0. The van der Waals surface area contributed by atoms with E-state index in [1.165, 1.54) is 231 Å². The third kappa shape index (κ3) is 79.4. The van der Waals surface area contributed by atoms with Crippen LogP contribution in [0.25, 0.3) is 0 Å². The Hall–Kier alpha value is 0.322. The van der Waals surface area contributed by atoms with E-state index in [0.717, 1.165) is 38.5 Å². The number of hydrogen-bond donors (Lipinski definition) is 0. The zero-order chi connectivity index (χ0) is 46.8. The molecule has 0 aliphatic carbocycles. The second-order valence-electron chi connectivity index (χ2n) is 18.2. The first-order chi connectivity index (χ1) is 30.8. The van der Waals surface area contributed by atoms with Crippen LogP contribution in [0.1, 0.15) is 290 Å². The van der Waals surface area contributed by atoms with E-state index in [1.807, 2.05) is 0 Å². The van der Waals surface area contributed by atoms with E-state index in [1.54, 1.807) is 0 Å². The van der Waals surface area contributed by atoms with Gasteiger partial charge in [-0.2, -0.15) is 0 Å². The number of unbranched alkanes of at least 4 members (excludes halogenated alkanes) is 36. The van der Waals surface area contributed by atoms with Crippen LogP contribution in [0.5, 0.6) is 0 Å². The minimum atomic E-state index is -2.46. The molecular weight excluding hydrogens is 890 g/mol. The van der Waals surface area contributed by atoms with Crippen molar-refractivity contribution in [3.05, 3.63) is 36.5 Å². The van der Waals surface area contributed by atoms with Gasteiger partial charge in [-0.3, -0.25) is 0 Å². The van der Waals surface area contributed by atoms with Gasteiger partial charge in [-0.25, -0.2) is 0 Å². The van der Waals surface area contributed by atoms with E-state index in [4.69, 9.17) is 0 Å². The summed E-state index contributed by atoms with van der Waals surface area (Å²) < 4.78 is 31.2. The molecule has 0 amide bonds. The van der Waals surface area contributed by atoms with Gasteiger partial charge in [-0.15, -0.1) is 0 Å². The first kappa shape index (κ1) is 70.9. The summed E-state index contributed by atoms with van der Waals surface area (Å²) in [6, 6.07) is 0. The van der Waals surface area contributed by atoms with Gasteiger partial charge in [0, 0.05) is 24.1 Å². The summed E-state index contributed by atoms with van der Waals surface area (Å²) in [4.78, 5) is 31.2. The quantitative estimate of drug-likeness (QED) is 0.0340. The average molecular weight is 998 g/mol. The molecule has 0 aromatic carbocycles. The molecule has 0 aliphatic heterocycles. The van der Waals surface area contributed by atoms with Crippen molar-refractivity contribution in [3.8, 4) is 0 Å². The van der Waals surface area contributed by atoms with Crippen molar-refractivity contribution < 1.29 is 45.7 Å². The summed E-state index contributed by atoms with van der Waals surface area (Å²) in [5.41, 5.74) is 0. The summed E-state index contributed by atoms with van der Waals surface area (Å²) in [7, 11) is -7.39. The molecule has 3 unspecified atom stereocenters. The van der Waals surface area contributed by atoms with Crippen LogP contribution >= 0.6 is 24.1 Å². The fourth-order valence-corrected chi connectivity index (χ4v) is 9.17. The van der Waals surface area contributed by atoms with Crippen molar-refractivity contribution in [1.82, 2.24) is 0 Å². The predicted octanol–water partition coefficient (Wildman–Crippen LogP) is 17.6. The van der Waals surface area contributed by atoms with E-state index in [-0.39, 0.29) is 17.4 Å². The molecule has 64 heavy (non-hydrogen) atoms. The normalized spacial score (nSPS) is 12.8. The molecule has 6 nitrogen and oxygen atoms in total. The molecule has 0 aromatic heterocycles. The molecule has 0 fully saturated rings. The van der Waals surface area contributed by atoms with Crippen LogP contribution < -0.4 is 14.7 Å². The molecule has 0 rings (SSSR count). The van der Waals surface area contributed by atoms with E-state index < -0.39 is 24.1 Å². The largest absolute Gasteiger partial charge is 3.00 e. The SMILES string of the molecule is CCCCCCCC/C=C\CCCCCCCC[PH](=O)[O-].CCCCCCCC/C=C\CCCCCCCC[PH](=O)[O-].CCCCCCCC/C=C\CCCCCCCC[PH](=O)[O-].[Cr+3]. The van der Waals surface area contributed by atoms with Gasteiger partial charge in [0.15, 0.2) is 0 Å². The van der Waals surface area contributed by atoms with Gasteiger partial charge in [0.05, 0.1) is 0 Å². The molecule has 0 heterocycles. The smallest absolute Gasteiger partial charge is 0.802 e. The van der Waals surface area contributed by atoms with Crippen molar-refractivity contribution in [2.75, 3.05) is 18.5 Å². The fraction of sp³-hybridized carbons (Fsp3) is 0.889. The van der Waals surface area contributed by atoms with Gasteiger partial charge in [-0.1, -0.05) is 231 Å². The Morgan fingerprint density at radius 1 is 0.250 bits per heavy atom. The van der Waals surface area contributed by atoms with Crippen LogP contribution in [-0.4, -0.2) is 18.5 Å². The Morgan fingerprint density at radius 3 is 0.547 bits per heavy atom. The Kier molecular flexibility index (Phi) is 74.9. The first-order valence-corrected chi connectivity index (χ1v) is 31.9. The van der Waals surface area contributed by atoms with E-state index in [2.05, 4.69) is 57.2 Å². The maximum Gasteiger partial charge on any atom is 3.00 e. The van der Waals surface area contributed by atoms with Crippen molar-refractivity contribution in [1.29, 1.82) is 0 Å². The molecule has 1 radical (unpaired) electrons. The standard InChI is InChI=1S/3C18H37O2P.Cr/c3*1-2-3-4-5-6-7-8-9-10-11-12-13-14-15-16-17-18-21(19)20;/h3*9-10,21H,2-8,11-18H2,1H3,(H,19,20);/q;;;+3/p-3/b3*10-9-;. The van der Waals surface area contributed by atoms with Gasteiger partial charge in [0.25, 0.3) is 0 Å². The average Bonchev–Trinajstić information content (AvgIpc) is 3.26. The molecule has 0 saturated heterocycles. The topological polar surface area (TPSA) is 120 Å². The first-order valence-electron chi connectivity index (χ1n) is 27.4. The number of rotatable bonds is 48. The molecule has 0 saturated carbocycles. The molecule has 0 N–H and O–H groups in total. The van der Waals surface area contributed by atoms with Gasteiger partial charge >= 0.3 is 17.4 Å². The number of allylic oxidation sites excluding steroid dienone is 6. The second-order valence-corrected chi connectivity index (χ2v) is 21.9. The summed E-state index contributed by atoms with van der Waals surface area (Å²) in [5, 5.41) is 0. The summed E-state index contributed by atoms with van der Waals surface area (Å²) in [6.07, 6.45) is 68.4. The second kappa shape index (κ2) is 67.6. The maximum absolute atomic E-state index is 10.4. The molecule has 10 heteroatoms. The van der Waals surface area contributed by atoms with E-state index in [9.17, 15) is 28.4 Å². The summed E-state index contributed by atoms with van der Waals surface area (Å²) in [6.45, 7) is 6.79. The fourth-order valence-electron chi connectivity index (χ4n) is 7.55. The Morgan fingerprint density at radius 2 is 0.391 bits per heavy atom. The van der Waals surface area contributed by atoms with Crippen LogP contribution in [0.2, 0.25) is 0 Å². The van der Waals surface area contributed by atoms with Crippen LogP contribution in [0.4, 0.5) is 0 Å². The minimum Gasteiger partial charge on any atom is -0.802 e. The summed E-state index contributed by atoms with van der Waals surface area (Å²) in [5.74, 6) is 0. The van der Waals surface area contributed by atoms with Crippen LogP contribution in [0.15, 0.2) is 36.5 Å². The zero-order valence-corrected chi connectivity index (χ0v) is 46.9. The third-order valence-corrected chi connectivity index (χ3v) is 14.0. The molecule has 0 aliphatic rings. The zero-order valence-electron chi connectivity index (χ0n) is 42.6. The van der Waals surface area contributed by atoms with Crippen molar-refractivity contribution in [2.24, 2.45) is 0 Å². The predicted molar refractivity (Wildman–Crippen MR) is 280 cm³/mol. The van der Waals surface area contributed by atoms with Crippen molar-refractivity contribution >= 4 is 24.1 Å². The molecule has 381 valence electrons. The van der Waals surface area contributed by atoms with Crippen LogP contribution in [0.3, 0.4) is 0 Å². The van der Waals surface area contributed by atoms with Gasteiger partial charge in [-0.05, 0) is 115 Å². The van der Waals surface area contributed by atoms with Crippen LogP contribution in [0, 0.1) is 0 Å². The molecule has 3 atom stereocenters. The maximum atomic E-state index is 10.4. The van der Waals surface area contributed by atoms with Crippen molar-refractivity contribution in [2.45, 2.75) is 290 Å². The Labute approximate surface area is 413 Å². The van der Waals surface area contributed by atoms with Crippen molar-refractivity contribution in [3.63, 3.8) is 0 Å². The van der Waals surface area contributed by atoms with Gasteiger partial charge in [0.2, 0.25) is 0 Å². The van der Waals surface area contributed by atoms with E-state index >= 15 is 0 Å². The monoisotopic (exact) mass is 998 g/mol. The minimum absolute atomic E-state index is 0. The molecule has 0 spiro atoms. The molecule has 0 aromatic rings. The molecule has 0 bridgehead atoms. The van der Waals surface area contributed by atoms with Gasteiger partial charge in [0.1, 0.15) is 0 Å². The Balaban J connectivity index is -0.000000419. The van der Waals surface area contributed by atoms with E-state index in [0.29, 0.717) is 18.5 Å². The third-order valence-electron chi connectivity index (χ3n) is 11.7. The molecular formula is C54H108CrO6P3. The van der Waals surface area contributed by atoms with Crippen LogP contribution in [-0.2, 0) is 31.1 Å². The number of hydrogen-bond acceptors (Lipinski definition) is 6. The van der Waals surface area contributed by atoms with Gasteiger partial charge < -0.3 is 28.4 Å².